The van der Waals surface area contributed by atoms with E-state index >= 15 is 0 Å². The second-order valence-electron chi connectivity index (χ2n) is 7.42. The maximum Gasteiger partial charge on any atom is 0.244 e. The Morgan fingerprint density at radius 3 is 2.82 bits per heavy atom. The van der Waals surface area contributed by atoms with Crippen molar-refractivity contribution in [2.75, 3.05) is 45.2 Å². The first-order chi connectivity index (χ1) is 13.6. The van der Waals surface area contributed by atoms with Gasteiger partial charge in [0.2, 0.25) is 11.8 Å². The number of piperazine rings is 1. The van der Waals surface area contributed by atoms with Gasteiger partial charge in [-0.3, -0.25) is 14.3 Å². The van der Waals surface area contributed by atoms with E-state index in [1.54, 1.807) is 17.1 Å². The van der Waals surface area contributed by atoms with Crippen LogP contribution in [0.15, 0.2) is 36.7 Å². The lowest BCUT2D eigenvalue weighted by atomic mass is 9.96. The van der Waals surface area contributed by atoms with Crippen molar-refractivity contribution in [2.45, 2.75) is 13.0 Å². The fraction of sp³-hybridized carbons (Fsp3) is 0.450. The highest BCUT2D eigenvalue weighted by atomic mass is 16.5. The summed E-state index contributed by atoms with van der Waals surface area (Å²) in [5.41, 5.74) is 1.64. The van der Waals surface area contributed by atoms with Crippen molar-refractivity contribution >= 4 is 17.5 Å². The highest BCUT2D eigenvalue weighted by molar-refractivity contribution is 5.92. The summed E-state index contributed by atoms with van der Waals surface area (Å²) in [5, 5.41) is 7.10. The highest BCUT2D eigenvalue weighted by Gasteiger charge is 2.26. The lowest BCUT2D eigenvalue weighted by Crippen LogP contribution is -2.48. The minimum absolute atomic E-state index is 0.0476. The van der Waals surface area contributed by atoms with Crippen LogP contribution in [0.5, 0.6) is 5.75 Å². The molecule has 0 aliphatic carbocycles. The fourth-order valence-electron chi connectivity index (χ4n) is 3.55. The number of hydrogen-bond donors (Lipinski definition) is 1. The first kappa shape index (κ1) is 18.5. The molecule has 28 heavy (non-hydrogen) atoms. The van der Waals surface area contributed by atoms with Gasteiger partial charge >= 0.3 is 0 Å². The molecule has 1 atom stereocenters. The lowest BCUT2D eigenvalue weighted by Gasteiger charge is -2.32. The predicted octanol–water partition coefficient (Wildman–Crippen LogP) is 0.847. The van der Waals surface area contributed by atoms with E-state index in [2.05, 4.69) is 22.4 Å². The summed E-state index contributed by atoms with van der Waals surface area (Å²) in [6, 6.07) is 7.78. The summed E-state index contributed by atoms with van der Waals surface area (Å²) in [7, 11) is 2.06. The molecule has 2 aliphatic heterocycles. The molecular weight excluding hydrogens is 358 g/mol. The van der Waals surface area contributed by atoms with E-state index in [1.807, 2.05) is 29.2 Å². The number of aromatic nitrogens is 2. The molecule has 1 aromatic carbocycles. The number of hydrogen-bond acceptors (Lipinski definition) is 5. The van der Waals surface area contributed by atoms with E-state index < -0.39 is 0 Å². The maximum atomic E-state index is 12.6. The Kier molecular flexibility index (Phi) is 5.29. The number of para-hydroxylation sites is 1. The van der Waals surface area contributed by atoms with Crippen LogP contribution < -0.4 is 10.1 Å². The molecule has 0 spiro atoms. The van der Waals surface area contributed by atoms with Crippen LogP contribution in [-0.4, -0.2) is 71.2 Å². The van der Waals surface area contributed by atoms with Gasteiger partial charge in [0.25, 0.3) is 0 Å². The number of nitrogens with one attached hydrogen (secondary N) is 1. The van der Waals surface area contributed by atoms with Crippen LogP contribution in [0.25, 0.3) is 0 Å². The SMILES string of the molecule is CN1CCN(C(=O)Cn2cc(NC(=O)[C@@H]3COc4ccccc4C3)cn2)CC1. The number of carbonyl (C=O) groups is 2. The van der Waals surface area contributed by atoms with Gasteiger partial charge in [-0.1, -0.05) is 18.2 Å². The van der Waals surface area contributed by atoms with Crippen molar-refractivity contribution in [3.63, 3.8) is 0 Å². The van der Waals surface area contributed by atoms with Crippen LogP contribution in [0.1, 0.15) is 5.56 Å². The Bertz CT molecular complexity index is 857. The number of amides is 2. The molecule has 1 saturated heterocycles. The highest BCUT2D eigenvalue weighted by Crippen LogP contribution is 2.27. The second-order valence-corrected chi connectivity index (χ2v) is 7.42. The fourth-order valence-corrected chi connectivity index (χ4v) is 3.55. The number of benzene rings is 1. The second kappa shape index (κ2) is 8.02. The Labute approximate surface area is 164 Å². The number of likely N-dealkylation sites (N-methyl/N-ethyl adjacent to an activating group) is 1. The molecule has 0 radical (unpaired) electrons. The molecule has 8 nitrogen and oxygen atoms in total. The molecule has 1 fully saturated rings. The Balaban J connectivity index is 1.31. The van der Waals surface area contributed by atoms with E-state index in [9.17, 15) is 9.59 Å². The van der Waals surface area contributed by atoms with Gasteiger partial charge in [0, 0.05) is 32.4 Å². The molecule has 3 heterocycles. The minimum Gasteiger partial charge on any atom is -0.492 e. The summed E-state index contributed by atoms with van der Waals surface area (Å²) < 4.78 is 7.26. The van der Waals surface area contributed by atoms with Gasteiger partial charge in [-0.25, -0.2) is 0 Å². The summed E-state index contributed by atoms with van der Waals surface area (Å²) in [6.07, 6.45) is 3.92. The predicted molar refractivity (Wildman–Crippen MR) is 104 cm³/mol. The quantitative estimate of drug-likeness (QED) is 0.847. The molecule has 0 bridgehead atoms. The Morgan fingerprint density at radius 2 is 2.00 bits per heavy atom. The molecule has 8 heteroatoms. The number of rotatable bonds is 4. The van der Waals surface area contributed by atoms with E-state index in [4.69, 9.17) is 4.74 Å². The monoisotopic (exact) mass is 383 g/mol. The average molecular weight is 383 g/mol. The number of fused-ring (bicyclic) bond motifs is 1. The van der Waals surface area contributed by atoms with Gasteiger partial charge in [-0.05, 0) is 25.1 Å². The molecule has 2 aliphatic rings. The van der Waals surface area contributed by atoms with Crippen LogP contribution in [-0.2, 0) is 22.6 Å². The van der Waals surface area contributed by atoms with E-state index in [0.717, 1.165) is 37.5 Å². The molecule has 0 saturated carbocycles. The summed E-state index contributed by atoms with van der Waals surface area (Å²) in [6.45, 7) is 3.79. The summed E-state index contributed by atoms with van der Waals surface area (Å²) >= 11 is 0. The largest absolute Gasteiger partial charge is 0.492 e. The zero-order valence-electron chi connectivity index (χ0n) is 16.0. The third-order valence-corrected chi connectivity index (χ3v) is 5.30. The van der Waals surface area contributed by atoms with Gasteiger partial charge in [0.1, 0.15) is 18.9 Å². The molecule has 1 N–H and O–H groups in total. The summed E-state index contributed by atoms with van der Waals surface area (Å²) in [4.78, 5) is 29.1. The zero-order chi connectivity index (χ0) is 19.5. The molecule has 2 amide bonds. The number of carbonyl (C=O) groups excluding carboxylic acids is 2. The number of anilines is 1. The van der Waals surface area contributed by atoms with E-state index in [1.165, 1.54) is 0 Å². The first-order valence-electron chi connectivity index (χ1n) is 9.59. The van der Waals surface area contributed by atoms with E-state index in [-0.39, 0.29) is 24.3 Å². The van der Waals surface area contributed by atoms with Crippen molar-refractivity contribution in [3.8, 4) is 5.75 Å². The third-order valence-electron chi connectivity index (χ3n) is 5.30. The minimum atomic E-state index is -0.245. The maximum absolute atomic E-state index is 12.6. The van der Waals surface area contributed by atoms with Crippen molar-refractivity contribution in [3.05, 3.63) is 42.2 Å². The van der Waals surface area contributed by atoms with Crippen molar-refractivity contribution in [2.24, 2.45) is 5.92 Å². The van der Waals surface area contributed by atoms with E-state index in [0.29, 0.717) is 18.7 Å². The third kappa shape index (κ3) is 4.17. The molecule has 148 valence electrons. The van der Waals surface area contributed by atoms with Crippen LogP contribution in [0.2, 0.25) is 0 Å². The molecule has 4 rings (SSSR count). The number of nitrogens with zero attached hydrogens (tertiary/aromatic N) is 4. The molecular formula is C20H25N5O3. The van der Waals surface area contributed by atoms with Gasteiger partial charge in [0.05, 0.1) is 17.8 Å². The standard InChI is InChI=1S/C20H25N5O3/c1-23-6-8-24(9-7-23)19(26)13-25-12-17(11-21-25)22-20(27)16-10-15-4-2-3-5-18(15)28-14-16/h2-5,11-12,16H,6-10,13-14H2,1H3,(H,22,27)/t16-/m0/s1. The smallest absolute Gasteiger partial charge is 0.244 e. The Morgan fingerprint density at radius 1 is 1.21 bits per heavy atom. The van der Waals surface area contributed by atoms with Gasteiger partial charge in [-0.2, -0.15) is 5.10 Å². The molecule has 2 aromatic rings. The van der Waals surface area contributed by atoms with Crippen LogP contribution in [0.4, 0.5) is 5.69 Å². The van der Waals surface area contributed by atoms with Gasteiger partial charge in [0.15, 0.2) is 0 Å². The normalized spacial score (nSPS) is 19.6. The summed E-state index contributed by atoms with van der Waals surface area (Å²) in [5.74, 6) is 0.554. The van der Waals surface area contributed by atoms with Crippen molar-refractivity contribution in [1.29, 1.82) is 0 Å². The topological polar surface area (TPSA) is 79.7 Å². The van der Waals surface area contributed by atoms with Crippen molar-refractivity contribution < 1.29 is 14.3 Å². The van der Waals surface area contributed by atoms with Crippen LogP contribution in [0.3, 0.4) is 0 Å². The van der Waals surface area contributed by atoms with Crippen LogP contribution >= 0.6 is 0 Å². The van der Waals surface area contributed by atoms with Crippen LogP contribution in [0, 0.1) is 5.92 Å². The number of ether oxygens (including phenoxy) is 1. The lowest BCUT2D eigenvalue weighted by molar-refractivity contribution is -0.133. The molecule has 0 unspecified atom stereocenters. The first-order valence-corrected chi connectivity index (χ1v) is 9.59. The Hall–Kier alpha value is -2.87. The average Bonchev–Trinajstić information content (AvgIpc) is 3.14. The molecule has 1 aromatic heterocycles. The van der Waals surface area contributed by atoms with Gasteiger partial charge < -0.3 is 19.9 Å². The van der Waals surface area contributed by atoms with Gasteiger partial charge in [-0.15, -0.1) is 0 Å². The zero-order valence-corrected chi connectivity index (χ0v) is 16.0. The van der Waals surface area contributed by atoms with Crippen molar-refractivity contribution in [1.82, 2.24) is 19.6 Å².